The van der Waals surface area contributed by atoms with Crippen LogP contribution in [0.15, 0.2) is 9.64 Å². The average molecular weight is 258 g/mol. The number of ether oxygens (including phenoxy) is 1. The first-order chi connectivity index (χ1) is 8.17. The first-order valence-electron chi connectivity index (χ1n) is 5.96. The van der Waals surface area contributed by atoms with Crippen molar-refractivity contribution in [3.05, 3.63) is 11.5 Å². The van der Waals surface area contributed by atoms with Gasteiger partial charge in [0.1, 0.15) is 5.76 Å². The Labute approximate surface area is 108 Å². The molecule has 1 aromatic heterocycles. The van der Waals surface area contributed by atoms with E-state index in [-0.39, 0.29) is 0 Å². The number of aryl methyl sites for hydroxylation is 2. The lowest BCUT2D eigenvalue weighted by Gasteiger charge is -2.15. The van der Waals surface area contributed by atoms with E-state index in [0.717, 1.165) is 35.4 Å². The van der Waals surface area contributed by atoms with Crippen LogP contribution in [-0.2, 0) is 4.74 Å². The second-order valence-electron chi connectivity index (χ2n) is 4.04. The third kappa shape index (κ3) is 5.10. The normalized spacial score (nSPS) is 12.9. The summed E-state index contributed by atoms with van der Waals surface area (Å²) >= 11 is 1.63. The van der Waals surface area contributed by atoms with Crippen LogP contribution in [-0.4, -0.2) is 37.0 Å². The van der Waals surface area contributed by atoms with Gasteiger partial charge in [-0.3, -0.25) is 0 Å². The highest BCUT2D eigenvalue weighted by Gasteiger charge is 2.11. The van der Waals surface area contributed by atoms with E-state index in [1.165, 1.54) is 0 Å². The van der Waals surface area contributed by atoms with Crippen molar-refractivity contribution in [1.29, 1.82) is 0 Å². The standard InChI is InChI=1S/C12H22N2O2S/c1-5-6-13-11(7-15-4)8-17-12-14-9(2)10(3)16-12/h11,13H,5-8H2,1-4H3. The van der Waals surface area contributed by atoms with E-state index < -0.39 is 0 Å². The first-order valence-corrected chi connectivity index (χ1v) is 6.95. The molecule has 4 nitrogen and oxygen atoms in total. The van der Waals surface area contributed by atoms with Crippen LogP contribution in [0, 0.1) is 13.8 Å². The van der Waals surface area contributed by atoms with Gasteiger partial charge < -0.3 is 14.5 Å². The lowest BCUT2D eigenvalue weighted by molar-refractivity contribution is 0.174. The molecule has 1 rings (SSSR count). The Bertz CT molecular complexity index is 309. The van der Waals surface area contributed by atoms with Gasteiger partial charge in [0.15, 0.2) is 0 Å². The van der Waals surface area contributed by atoms with Crippen LogP contribution in [0.5, 0.6) is 0 Å². The molecule has 0 aliphatic rings. The quantitative estimate of drug-likeness (QED) is 0.726. The van der Waals surface area contributed by atoms with Gasteiger partial charge >= 0.3 is 0 Å². The number of thioether (sulfide) groups is 1. The second kappa shape index (κ2) is 7.74. The van der Waals surface area contributed by atoms with Crippen molar-refractivity contribution in [2.75, 3.05) is 26.0 Å². The molecule has 0 aliphatic carbocycles. The molecule has 1 atom stereocenters. The summed E-state index contributed by atoms with van der Waals surface area (Å²) in [4.78, 5) is 4.35. The maximum Gasteiger partial charge on any atom is 0.256 e. The molecule has 0 aromatic carbocycles. The molecule has 17 heavy (non-hydrogen) atoms. The molecule has 1 aromatic rings. The summed E-state index contributed by atoms with van der Waals surface area (Å²) in [6.45, 7) is 7.79. The zero-order chi connectivity index (χ0) is 12.7. The minimum Gasteiger partial charge on any atom is -0.437 e. The first kappa shape index (κ1) is 14.5. The van der Waals surface area contributed by atoms with Crippen molar-refractivity contribution in [2.45, 2.75) is 38.5 Å². The molecule has 0 fully saturated rings. The van der Waals surface area contributed by atoms with E-state index in [4.69, 9.17) is 9.15 Å². The Morgan fingerprint density at radius 2 is 2.24 bits per heavy atom. The van der Waals surface area contributed by atoms with Crippen molar-refractivity contribution in [3.63, 3.8) is 0 Å². The number of nitrogens with one attached hydrogen (secondary N) is 1. The van der Waals surface area contributed by atoms with Gasteiger partial charge in [0.25, 0.3) is 5.22 Å². The third-order valence-corrected chi connectivity index (χ3v) is 3.46. The summed E-state index contributed by atoms with van der Waals surface area (Å²) in [5, 5.41) is 4.20. The summed E-state index contributed by atoms with van der Waals surface area (Å²) in [5.74, 6) is 1.81. The summed E-state index contributed by atoms with van der Waals surface area (Å²) < 4.78 is 10.7. The molecule has 0 bridgehead atoms. The monoisotopic (exact) mass is 258 g/mol. The van der Waals surface area contributed by atoms with Crippen molar-refractivity contribution in [1.82, 2.24) is 10.3 Å². The minimum atomic E-state index is 0.345. The highest BCUT2D eigenvalue weighted by molar-refractivity contribution is 7.99. The molecule has 1 heterocycles. The Morgan fingerprint density at radius 1 is 1.47 bits per heavy atom. The van der Waals surface area contributed by atoms with Crippen LogP contribution < -0.4 is 5.32 Å². The maximum atomic E-state index is 5.53. The van der Waals surface area contributed by atoms with Crippen LogP contribution in [0.1, 0.15) is 24.8 Å². The summed E-state index contributed by atoms with van der Waals surface area (Å²) in [6.07, 6.45) is 1.13. The molecule has 1 N–H and O–H groups in total. The number of nitrogens with zero attached hydrogens (tertiary/aromatic N) is 1. The number of rotatable bonds is 8. The molecular weight excluding hydrogens is 236 g/mol. The van der Waals surface area contributed by atoms with Gasteiger partial charge in [-0.15, -0.1) is 0 Å². The van der Waals surface area contributed by atoms with Gasteiger partial charge in [0, 0.05) is 18.9 Å². The van der Waals surface area contributed by atoms with Crippen molar-refractivity contribution in [2.24, 2.45) is 0 Å². The molecule has 1 unspecified atom stereocenters. The second-order valence-corrected chi connectivity index (χ2v) is 5.01. The summed E-state index contributed by atoms with van der Waals surface area (Å²) in [7, 11) is 1.73. The van der Waals surface area contributed by atoms with E-state index in [0.29, 0.717) is 12.6 Å². The predicted molar refractivity (Wildman–Crippen MR) is 70.7 cm³/mol. The van der Waals surface area contributed by atoms with Crippen molar-refractivity contribution >= 4 is 11.8 Å². The van der Waals surface area contributed by atoms with E-state index in [1.54, 1.807) is 18.9 Å². The fraction of sp³-hybridized carbons (Fsp3) is 0.750. The Balaban J connectivity index is 2.39. The van der Waals surface area contributed by atoms with Gasteiger partial charge in [0.2, 0.25) is 0 Å². The summed E-state index contributed by atoms with van der Waals surface area (Å²) in [6, 6.07) is 0.345. The Kier molecular flexibility index (Phi) is 6.62. The molecule has 0 saturated heterocycles. The van der Waals surface area contributed by atoms with Gasteiger partial charge in [-0.05, 0) is 26.8 Å². The van der Waals surface area contributed by atoms with Gasteiger partial charge in [-0.25, -0.2) is 4.98 Å². The van der Waals surface area contributed by atoms with Crippen LogP contribution in [0.2, 0.25) is 0 Å². The third-order valence-electron chi connectivity index (χ3n) is 2.47. The maximum absolute atomic E-state index is 5.53. The molecule has 98 valence electrons. The summed E-state index contributed by atoms with van der Waals surface area (Å²) in [5.41, 5.74) is 0.970. The van der Waals surface area contributed by atoms with E-state index >= 15 is 0 Å². The Morgan fingerprint density at radius 3 is 2.76 bits per heavy atom. The topological polar surface area (TPSA) is 47.3 Å². The number of hydrogen-bond acceptors (Lipinski definition) is 5. The molecular formula is C12H22N2O2S. The zero-order valence-corrected chi connectivity index (χ0v) is 11.9. The number of aromatic nitrogens is 1. The van der Waals surface area contributed by atoms with Crippen LogP contribution >= 0.6 is 11.8 Å². The largest absolute Gasteiger partial charge is 0.437 e. The molecule has 5 heteroatoms. The van der Waals surface area contributed by atoms with Crippen molar-refractivity contribution < 1.29 is 9.15 Å². The van der Waals surface area contributed by atoms with E-state index in [9.17, 15) is 0 Å². The average Bonchev–Trinajstić information content (AvgIpc) is 2.62. The zero-order valence-electron chi connectivity index (χ0n) is 11.1. The number of hydrogen-bond donors (Lipinski definition) is 1. The smallest absolute Gasteiger partial charge is 0.256 e. The molecule has 0 amide bonds. The highest BCUT2D eigenvalue weighted by atomic mass is 32.2. The van der Waals surface area contributed by atoms with Gasteiger partial charge in [-0.2, -0.15) is 0 Å². The van der Waals surface area contributed by atoms with Crippen LogP contribution in [0.25, 0.3) is 0 Å². The lowest BCUT2D eigenvalue weighted by atomic mass is 10.3. The fourth-order valence-corrected chi connectivity index (χ4v) is 2.34. The molecule has 0 aliphatic heterocycles. The molecule has 0 radical (unpaired) electrons. The minimum absolute atomic E-state index is 0.345. The Hall–Kier alpha value is -0.520. The molecule has 0 spiro atoms. The number of methoxy groups -OCH3 is 1. The van der Waals surface area contributed by atoms with E-state index in [2.05, 4.69) is 17.2 Å². The SMILES string of the molecule is CCCNC(COC)CSc1nc(C)c(C)o1. The highest BCUT2D eigenvalue weighted by Crippen LogP contribution is 2.20. The fourth-order valence-electron chi connectivity index (χ4n) is 1.39. The predicted octanol–water partition coefficient (Wildman–Crippen LogP) is 2.40. The van der Waals surface area contributed by atoms with Gasteiger partial charge in [-0.1, -0.05) is 18.7 Å². The van der Waals surface area contributed by atoms with Crippen LogP contribution in [0.4, 0.5) is 0 Å². The van der Waals surface area contributed by atoms with Gasteiger partial charge in [0.05, 0.1) is 12.3 Å². The van der Waals surface area contributed by atoms with Crippen LogP contribution in [0.3, 0.4) is 0 Å². The van der Waals surface area contributed by atoms with E-state index in [1.807, 2.05) is 13.8 Å². The number of oxazole rings is 1. The lowest BCUT2D eigenvalue weighted by Crippen LogP contribution is -2.35. The molecule has 0 saturated carbocycles. The van der Waals surface area contributed by atoms with Crippen molar-refractivity contribution in [3.8, 4) is 0 Å².